The number of carbonyl (C=O) groups is 1. The monoisotopic (exact) mass is 397 g/mol. The third kappa shape index (κ3) is 4.83. The van der Waals surface area contributed by atoms with Crippen molar-refractivity contribution in [2.24, 2.45) is 0 Å². The van der Waals surface area contributed by atoms with Crippen LogP contribution in [0.25, 0.3) is 17.0 Å². The summed E-state index contributed by atoms with van der Waals surface area (Å²) in [6.07, 6.45) is 6.61. The van der Waals surface area contributed by atoms with Gasteiger partial charge in [0.1, 0.15) is 11.3 Å². The van der Waals surface area contributed by atoms with E-state index in [0.29, 0.717) is 5.76 Å². The molecule has 0 saturated carbocycles. The molecular weight excluding hydrogens is 378 g/mol. The van der Waals surface area contributed by atoms with Crippen molar-refractivity contribution in [3.8, 4) is 0 Å². The van der Waals surface area contributed by atoms with E-state index < -0.39 is 0 Å². The quantitative estimate of drug-likeness (QED) is 0.503. The minimum absolute atomic E-state index is 0.178. The minimum atomic E-state index is -0.178. The van der Waals surface area contributed by atoms with Crippen LogP contribution in [0, 0.1) is 0 Å². The molecule has 0 spiro atoms. The van der Waals surface area contributed by atoms with Gasteiger partial charge >= 0.3 is 0 Å². The summed E-state index contributed by atoms with van der Waals surface area (Å²) in [5.41, 5.74) is 2.89. The first-order valence-corrected chi connectivity index (χ1v) is 9.20. The number of nitrogens with one attached hydrogen (secondary N) is 1. The fourth-order valence-corrected chi connectivity index (χ4v) is 2.97. The van der Waals surface area contributed by atoms with Crippen molar-refractivity contribution in [2.75, 3.05) is 5.32 Å². The van der Waals surface area contributed by atoms with E-state index in [-0.39, 0.29) is 5.91 Å². The van der Waals surface area contributed by atoms with Crippen molar-refractivity contribution >= 4 is 44.6 Å². The SMILES string of the molecule is CCCCc1ccc(NC(=O)C=Cc2cc3cc(Br)ccc3o2)cc1. The number of fused-ring (bicyclic) bond motifs is 1. The van der Waals surface area contributed by atoms with Crippen LogP contribution in [0.4, 0.5) is 5.69 Å². The van der Waals surface area contributed by atoms with Crippen LogP contribution < -0.4 is 5.32 Å². The standard InChI is InChI=1S/C21H20BrNO2/c1-2-3-4-15-5-8-18(9-6-15)23-21(24)12-10-19-14-16-13-17(22)7-11-20(16)25-19/h5-14H,2-4H2,1H3,(H,23,24). The smallest absolute Gasteiger partial charge is 0.248 e. The first-order valence-electron chi connectivity index (χ1n) is 8.41. The first kappa shape index (κ1) is 17.5. The summed E-state index contributed by atoms with van der Waals surface area (Å²) in [6, 6.07) is 15.7. The number of hydrogen-bond acceptors (Lipinski definition) is 2. The largest absolute Gasteiger partial charge is 0.457 e. The highest BCUT2D eigenvalue weighted by atomic mass is 79.9. The van der Waals surface area contributed by atoms with E-state index in [1.165, 1.54) is 24.5 Å². The van der Waals surface area contributed by atoms with E-state index in [0.717, 1.165) is 27.6 Å². The Bertz CT molecular complexity index is 894. The first-order chi connectivity index (χ1) is 12.1. The Kier molecular flexibility index (Phi) is 5.71. The van der Waals surface area contributed by atoms with E-state index in [1.54, 1.807) is 6.08 Å². The van der Waals surface area contributed by atoms with Crippen LogP contribution >= 0.6 is 15.9 Å². The number of benzene rings is 2. The Hall–Kier alpha value is -2.33. The van der Waals surface area contributed by atoms with Gasteiger partial charge in [0.05, 0.1) is 0 Å². The number of carbonyl (C=O) groups excluding carboxylic acids is 1. The topological polar surface area (TPSA) is 42.2 Å². The molecule has 25 heavy (non-hydrogen) atoms. The Labute approximate surface area is 155 Å². The fourth-order valence-electron chi connectivity index (χ4n) is 2.59. The van der Waals surface area contributed by atoms with E-state index in [1.807, 2.05) is 36.4 Å². The number of furan rings is 1. The minimum Gasteiger partial charge on any atom is -0.457 e. The molecule has 1 amide bonds. The zero-order valence-corrected chi connectivity index (χ0v) is 15.7. The molecule has 128 valence electrons. The number of hydrogen-bond donors (Lipinski definition) is 1. The lowest BCUT2D eigenvalue weighted by Gasteiger charge is -2.04. The zero-order chi connectivity index (χ0) is 17.6. The van der Waals surface area contributed by atoms with E-state index in [4.69, 9.17) is 4.42 Å². The summed E-state index contributed by atoms with van der Waals surface area (Å²) in [7, 11) is 0. The van der Waals surface area contributed by atoms with Gasteiger partial charge in [-0.05, 0) is 60.9 Å². The normalized spacial score (nSPS) is 11.3. The molecule has 1 N–H and O–H groups in total. The van der Waals surface area contributed by atoms with Crippen LogP contribution in [0.5, 0.6) is 0 Å². The molecular formula is C21H20BrNO2. The highest BCUT2D eigenvalue weighted by molar-refractivity contribution is 9.10. The molecule has 1 aromatic heterocycles. The van der Waals surface area contributed by atoms with Crippen LogP contribution in [-0.4, -0.2) is 5.91 Å². The van der Waals surface area contributed by atoms with E-state index >= 15 is 0 Å². The van der Waals surface area contributed by atoms with Gasteiger partial charge in [-0.1, -0.05) is 41.4 Å². The average molecular weight is 398 g/mol. The van der Waals surface area contributed by atoms with Gasteiger partial charge in [0.25, 0.3) is 0 Å². The van der Waals surface area contributed by atoms with Crippen molar-refractivity contribution in [3.05, 3.63) is 70.4 Å². The Morgan fingerprint density at radius 3 is 2.72 bits per heavy atom. The predicted octanol–water partition coefficient (Wildman–Crippen LogP) is 6.19. The van der Waals surface area contributed by atoms with Gasteiger partial charge in [0.2, 0.25) is 5.91 Å². The van der Waals surface area contributed by atoms with Crippen molar-refractivity contribution < 1.29 is 9.21 Å². The Morgan fingerprint density at radius 2 is 1.96 bits per heavy atom. The number of aryl methyl sites for hydroxylation is 1. The second-order valence-corrected chi connectivity index (χ2v) is 6.87. The molecule has 4 heteroatoms. The van der Waals surface area contributed by atoms with Crippen LogP contribution in [-0.2, 0) is 11.2 Å². The Morgan fingerprint density at radius 1 is 1.16 bits per heavy atom. The molecule has 0 atom stereocenters. The molecule has 0 fully saturated rings. The maximum absolute atomic E-state index is 12.1. The summed E-state index contributed by atoms with van der Waals surface area (Å²) in [5.74, 6) is 0.473. The van der Waals surface area contributed by atoms with E-state index in [9.17, 15) is 4.79 Å². The molecule has 0 radical (unpaired) electrons. The highest BCUT2D eigenvalue weighted by Crippen LogP contribution is 2.24. The maximum Gasteiger partial charge on any atom is 0.248 e. The van der Waals surface area contributed by atoms with Gasteiger partial charge in [-0.25, -0.2) is 0 Å². The number of unbranched alkanes of at least 4 members (excludes halogenated alkanes) is 1. The van der Waals surface area contributed by atoms with Crippen LogP contribution in [0.1, 0.15) is 31.1 Å². The second kappa shape index (κ2) is 8.17. The lowest BCUT2D eigenvalue weighted by atomic mass is 10.1. The van der Waals surface area contributed by atoms with Crippen molar-refractivity contribution in [1.82, 2.24) is 0 Å². The number of anilines is 1. The molecule has 3 aromatic rings. The van der Waals surface area contributed by atoms with Gasteiger partial charge in [0, 0.05) is 21.6 Å². The van der Waals surface area contributed by atoms with Gasteiger partial charge in [-0.15, -0.1) is 0 Å². The average Bonchev–Trinajstić information content (AvgIpc) is 3.01. The molecule has 0 aliphatic heterocycles. The fraction of sp³-hybridized carbons (Fsp3) is 0.190. The van der Waals surface area contributed by atoms with Crippen molar-refractivity contribution in [2.45, 2.75) is 26.2 Å². The zero-order valence-electron chi connectivity index (χ0n) is 14.1. The molecule has 0 bridgehead atoms. The van der Waals surface area contributed by atoms with Crippen molar-refractivity contribution in [1.29, 1.82) is 0 Å². The molecule has 0 aliphatic carbocycles. The number of amides is 1. The maximum atomic E-state index is 12.1. The molecule has 3 nitrogen and oxygen atoms in total. The Balaban J connectivity index is 1.61. The second-order valence-electron chi connectivity index (χ2n) is 5.95. The predicted molar refractivity (Wildman–Crippen MR) is 107 cm³/mol. The molecule has 0 aliphatic rings. The molecule has 0 saturated heterocycles. The summed E-state index contributed by atoms with van der Waals surface area (Å²) in [4.78, 5) is 12.1. The third-order valence-electron chi connectivity index (χ3n) is 3.94. The summed E-state index contributed by atoms with van der Waals surface area (Å²) < 4.78 is 6.69. The van der Waals surface area contributed by atoms with Crippen LogP contribution in [0.3, 0.4) is 0 Å². The van der Waals surface area contributed by atoms with Gasteiger partial charge < -0.3 is 9.73 Å². The third-order valence-corrected chi connectivity index (χ3v) is 4.43. The van der Waals surface area contributed by atoms with Gasteiger partial charge in [-0.3, -0.25) is 4.79 Å². The lowest BCUT2D eigenvalue weighted by molar-refractivity contribution is -0.111. The molecule has 0 unspecified atom stereocenters. The van der Waals surface area contributed by atoms with E-state index in [2.05, 4.69) is 40.3 Å². The number of halogens is 1. The van der Waals surface area contributed by atoms with Crippen LogP contribution in [0.2, 0.25) is 0 Å². The molecule has 1 heterocycles. The van der Waals surface area contributed by atoms with Gasteiger partial charge in [-0.2, -0.15) is 0 Å². The lowest BCUT2D eigenvalue weighted by Crippen LogP contribution is -2.07. The summed E-state index contributed by atoms with van der Waals surface area (Å²) >= 11 is 3.44. The highest BCUT2D eigenvalue weighted by Gasteiger charge is 2.03. The molecule has 3 rings (SSSR count). The number of rotatable bonds is 6. The van der Waals surface area contributed by atoms with Gasteiger partial charge in [0.15, 0.2) is 0 Å². The summed E-state index contributed by atoms with van der Waals surface area (Å²) in [6.45, 7) is 2.18. The van der Waals surface area contributed by atoms with Crippen LogP contribution in [0.15, 0.2) is 63.5 Å². The summed E-state index contributed by atoms with van der Waals surface area (Å²) in [5, 5.41) is 3.86. The molecule has 2 aromatic carbocycles. The van der Waals surface area contributed by atoms with Crippen molar-refractivity contribution in [3.63, 3.8) is 0 Å².